The van der Waals surface area contributed by atoms with Crippen LogP contribution < -0.4 is 0 Å². The van der Waals surface area contributed by atoms with E-state index in [1.807, 2.05) is 50.1 Å². The summed E-state index contributed by atoms with van der Waals surface area (Å²) in [5.41, 5.74) is 2.95. The van der Waals surface area contributed by atoms with E-state index in [0.29, 0.717) is 0 Å². The highest BCUT2D eigenvalue weighted by molar-refractivity contribution is 6.20. The van der Waals surface area contributed by atoms with Gasteiger partial charge in [-0.05, 0) is 25.5 Å². The number of alkyl halides is 1. The van der Waals surface area contributed by atoms with Crippen LogP contribution in [0.25, 0.3) is 11.2 Å². The molecule has 0 saturated heterocycles. The molecule has 21 heavy (non-hydrogen) atoms. The van der Waals surface area contributed by atoms with Crippen molar-refractivity contribution in [3.05, 3.63) is 41.9 Å². The van der Waals surface area contributed by atoms with Crippen LogP contribution in [0.5, 0.6) is 0 Å². The van der Waals surface area contributed by atoms with Gasteiger partial charge in [-0.2, -0.15) is 0 Å². The van der Waals surface area contributed by atoms with Crippen LogP contribution in [0.15, 0.2) is 24.7 Å². The van der Waals surface area contributed by atoms with Gasteiger partial charge in [-0.15, -0.1) is 11.6 Å². The SMILES string of the molecule is Cc1ccnc2c1nc(C(C)Cl)n2CCc1nccn1C. The van der Waals surface area contributed by atoms with Crippen LogP contribution in [0.4, 0.5) is 0 Å². The first-order chi connectivity index (χ1) is 10.1. The molecule has 0 N–H and O–H groups in total. The average Bonchev–Trinajstić information content (AvgIpc) is 3.01. The molecule has 0 spiro atoms. The largest absolute Gasteiger partial charge is 0.338 e. The molecule has 1 unspecified atom stereocenters. The lowest BCUT2D eigenvalue weighted by Crippen LogP contribution is -2.10. The number of halogens is 1. The minimum atomic E-state index is -0.153. The molecule has 0 saturated carbocycles. The number of imidazole rings is 2. The summed E-state index contributed by atoms with van der Waals surface area (Å²) in [5, 5.41) is -0.153. The van der Waals surface area contributed by atoms with Crippen LogP contribution in [-0.4, -0.2) is 24.1 Å². The lowest BCUT2D eigenvalue weighted by Gasteiger charge is -2.10. The Morgan fingerprint density at radius 1 is 1.29 bits per heavy atom. The Labute approximate surface area is 128 Å². The van der Waals surface area contributed by atoms with E-state index in [1.165, 1.54) is 0 Å². The summed E-state index contributed by atoms with van der Waals surface area (Å²) in [6, 6.07) is 1.97. The van der Waals surface area contributed by atoms with E-state index in [4.69, 9.17) is 11.6 Å². The van der Waals surface area contributed by atoms with Gasteiger partial charge in [0.05, 0.1) is 5.38 Å². The van der Waals surface area contributed by atoms with Gasteiger partial charge in [0.1, 0.15) is 17.2 Å². The standard InChI is InChI=1S/C15H18ClN5/c1-10-4-6-18-15-13(10)19-14(11(2)16)21(15)8-5-12-17-7-9-20(12)3/h4,6-7,9,11H,5,8H2,1-3H3. The minimum absolute atomic E-state index is 0.153. The Balaban J connectivity index is 2.01. The Kier molecular flexibility index (Phi) is 3.68. The van der Waals surface area contributed by atoms with E-state index in [1.54, 1.807) is 0 Å². The normalized spacial score (nSPS) is 13.0. The summed E-state index contributed by atoms with van der Waals surface area (Å²) in [6.45, 7) is 4.75. The van der Waals surface area contributed by atoms with Crippen molar-refractivity contribution in [2.24, 2.45) is 7.05 Å². The predicted molar refractivity (Wildman–Crippen MR) is 83.4 cm³/mol. The van der Waals surface area contributed by atoms with E-state index < -0.39 is 0 Å². The molecule has 1 atom stereocenters. The highest BCUT2D eigenvalue weighted by Crippen LogP contribution is 2.25. The van der Waals surface area contributed by atoms with Crippen LogP contribution in [0.2, 0.25) is 0 Å². The maximum absolute atomic E-state index is 6.29. The van der Waals surface area contributed by atoms with Gasteiger partial charge < -0.3 is 9.13 Å². The first kappa shape index (κ1) is 14.1. The Morgan fingerprint density at radius 2 is 2.10 bits per heavy atom. The molecule has 0 aliphatic rings. The summed E-state index contributed by atoms with van der Waals surface area (Å²) in [6.07, 6.45) is 6.41. The number of fused-ring (bicyclic) bond motifs is 1. The number of rotatable bonds is 4. The van der Waals surface area contributed by atoms with Crippen LogP contribution in [0, 0.1) is 6.92 Å². The Hall–Kier alpha value is -1.88. The van der Waals surface area contributed by atoms with Crippen molar-refractivity contribution in [3.63, 3.8) is 0 Å². The third-order valence-corrected chi connectivity index (χ3v) is 3.90. The van der Waals surface area contributed by atoms with Crippen molar-refractivity contribution in [1.29, 1.82) is 0 Å². The van der Waals surface area contributed by atoms with Gasteiger partial charge in [-0.1, -0.05) is 0 Å². The zero-order chi connectivity index (χ0) is 15.0. The van der Waals surface area contributed by atoms with Crippen molar-refractivity contribution in [2.75, 3.05) is 0 Å². The number of aryl methyl sites for hydroxylation is 4. The first-order valence-corrected chi connectivity index (χ1v) is 7.43. The first-order valence-electron chi connectivity index (χ1n) is 7.00. The molecule has 0 aliphatic carbocycles. The van der Waals surface area contributed by atoms with Crippen molar-refractivity contribution in [3.8, 4) is 0 Å². The number of aromatic nitrogens is 5. The highest BCUT2D eigenvalue weighted by atomic mass is 35.5. The summed E-state index contributed by atoms with van der Waals surface area (Å²) < 4.78 is 4.14. The molecular formula is C15H18ClN5. The molecule has 6 heteroatoms. The second-order valence-corrected chi connectivity index (χ2v) is 5.90. The van der Waals surface area contributed by atoms with Gasteiger partial charge in [0.15, 0.2) is 5.65 Å². The fourth-order valence-electron chi connectivity index (χ4n) is 2.53. The quantitative estimate of drug-likeness (QED) is 0.696. The number of pyridine rings is 1. The zero-order valence-corrected chi connectivity index (χ0v) is 13.2. The minimum Gasteiger partial charge on any atom is -0.338 e. The molecule has 0 fully saturated rings. The molecular weight excluding hydrogens is 286 g/mol. The molecule has 3 rings (SSSR count). The van der Waals surface area contributed by atoms with E-state index in [2.05, 4.69) is 19.5 Å². The van der Waals surface area contributed by atoms with Crippen molar-refractivity contribution < 1.29 is 0 Å². The lowest BCUT2D eigenvalue weighted by molar-refractivity contribution is 0.630. The second kappa shape index (κ2) is 5.48. The Bertz CT molecular complexity index is 772. The van der Waals surface area contributed by atoms with Crippen LogP contribution >= 0.6 is 11.6 Å². The molecule has 0 aliphatic heterocycles. The van der Waals surface area contributed by atoms with Gasteiger partial charge in [-0.25, -0.2) is 15.0 Å². The topological polar surface area (TPSA) is 48.5 Å². The second-order valence-electron chi connectivity index (χ2n) is 5.24. The van der Waals surface area contributed by atoms with Crippen molar-refractivity contribution in [2.45, 2.75) is 32.2 Å². The zero-order valence-electron chi connectivity index (χ0n) is 12.4. The van der Waals surface area contributed by atoms with E-state index in [0.717, 1.165) is 41.3 Å². The molecule has 0 amide bonds. The average molecular weight is 304 g/mol. The van der Waals surface area contributed by atoms with E-state index in [-0.39, 0.29) is 5.38 Å². The molecule has 3 heterocycles. The van der Waals surface area contributed by atoms with Crippen molar-refractivity contribution in [1.82, 2.24) is 24.1 Å². The highest BCUT2D eigenvalue weighted by Gasteiger charge is 2.17. The summed E-state index contributed by atoms with van der Waals surface area (Å²) in [4.78, 5) is 13.5. The molecule has 5 nitrogen and oxygen atoms in total. The molecule has 0 bridgehead atoms. The number of hydrogen-bond donors (Lipinski definition) is 0. The summed E-state index contributed by atoms with van der Waals surface area (Å²) in [5.74, 6) is 1.90. The van der Waals surface area contributed by atoms with Gasteiger partial charge in [0.25, 0.3) is 0 Å². The van der Waals surface area contributed by atoms with Gasteiger partial charge in [0.2, 0.25) is 0 Å². The fraction of sp³-hybridized carbons (Fsp3) is 0.400. The summed E-state index contributed by atoms with van der Waals surface area (Å²) >= 11 is 6.29. The van der Waals surface area contributed by atoms with E-state index in [9.17, 15) is 0 Å². The van der Waals surface area contributed by atoms with E-state index >= 15 is 0 Å². The van der Waals surface area contributed by atoms with Gasteiger partial charge >= 0.3 is 0 Å². The third-order valence-electron chi connectivity index (χ3n) is 3.70. The van der Waals surface area contributed by atoms with Crippen molar-refractivity contribution >= 4 is 22.8 Å². The lowest BCUT2D eigenvalue weighted by atomic mass is 10.3. The Morgan fingerprint density at radius 3 is 2.76 bits per heavy atom. The van der Waals surface area contributed by atoms with Gasteiger partial charge in [0, 0.05) is 38.6 Å². The number of nitrogens with zero attached hydrogens (tertiary/aromatic N) is 5. The third kappa shape index (κ3) is 2.53. The monoisotopic (exact) mass is 303 g/mol. The predicted octanol–water partition coefficient (Wildman–Crippen LogP) is 3.02. The summed E-state index contributed by atoms with van der Waals surface area (Å²) in [7, 11) is 2.00. The van der Waals surface area contributed by atoms with Crippen LogP contribution in [0.3, 0.4) is 0 Å². The molecule has 110 valence electrons. The smallest absolute Gasteiger partial charge is 0.160 e. The maximum Gasteiger partial charge on any atom is 0.160 e. The maximum atomic E-state index is 6.29. The number of hydrogen-bond acceptors (Lipinski definition) is 3. The van der Waals surface area contributed by atoms with Crippen LogP contribution in [0.1, 0.15) is 29.5 Å². The van der Waals surface area contributed by atoms with Crippen LogP contribution in [-0.2, 0) is 20.0 Å². The molecule has 0 radical (unpaired) electrons. The van der Waals surface area contributed by atoms with Gasteiger partial charge in [-0.3, -0.25) is 0 Å². The molecule has 3 aromatic heterocycles. The molecule has 0 aromatic carbocycles. The fourth-order valence-corrected chi connectivity index (χ4v) is 2.70. The molecule has 3 aromatic rings.